The highest BCUT2D eigenvalue weighted by molar-refractivity contribution is 7.91. The van der Waals surface area contributed by atoms with E-state index in [4.69, 9.17) is 4.74 Å². The lowest BCUT2D eigenvalue weighted by atomic mass is 10.1. The minimum Gasteiger partial charge on any atom is -0.453 e. The fraction of sp³-hybridized carbons (Fsp3) is 0.467. The molecule has 1 aliphatic rings. The van der Waals surface area contributed by atoms with Crippen LogP contribution in [0.15, 0.2) is 18.2 Å². The Morgan fingerprint density at radius 3 is 2.62 bits per heavy atom. The number of benzene rings is 1. The van der Waals surface area contributed by atoms with Crippen LogP contribution in [0.1, 0.15) is 19.8 Å². The topological polar surface area (TPSA) is 89.5 Å². The van der Waals surface area contributed by atoms with Crippen molar-refractivity contribution < 1.29 is 31.5 Å². The van der Waals surface area contributed by atoms with Gasteiger partial charge >= 0.3 is 5.97 Å². The van der Waals surface area contributed by atoms with E-state index < -0.39 is 39.5 Å². The van der Waals surface area contributed by atoms with Crippen LogP contribution in [0.2, 0.25) is 0 Å². The molecule has 9 heteroatoms. The Kier molecular flexibility index (Phi) is 5.53. The maximum atomic E-state index is 13.1. The number of ether oxygens (including phenoxy) is 1. The van der Waals surface area contributed by atoms with Crippen LogP contribution in [0.5, 0.6) is 0 Å². The van der Waals surface area contributed by atoms with Crippen LogP contribution in [0, 0.1) is 17.6 Å². The van der Waals surface area contributed by atoms with E-state index in [9.17, 15) is 26.8 Å². The molecule has 24 heavy (non-hydrogen) atoms. The smallest absolute Gasteiger partial charge is 0.306 e. The molecule has 2 rings (SSSR count). The van der Waals surface area contributed by atoms with Gasteiger partial charge in [0.25, 0.3) is 5.91 Å². The average Bonchev–Trinajstić information content (AvgIpc) is 2.81. The van der Waals surface area contributed by atoms with Crippen molar-refractivity contribution in [1.29, 1.82) is 0 Å². The molecule has 0 bridgehead atoms. The molecule has 1 saturated heterocycles. The molecule has 1 aliphatic heterocycles. The van der Waals surface area contributed by atoms with Crippen molar-refractivity contribution in [3.63, 3.8) is 0 Å². The third-order valence-corrected chi connectivity index (χ3v) is 5.48. The summed E-state index contributed by atoms with van der Waals surface area (Å²) in [5, 5.41) is 2.30. The third kappa shape index (κ3) is 4.98. The largest absolute Gasteiger partial charge is 0.453 e. The molecule has 1 aromatic carbocycles. The predicted molar refractivity (Wildman–Crippen MR) is 81.9 cm³/mol. The Balaban J connectivity index is 1.84. The van der Waals surface area contributed by atoms with E-state index in [0.717, 1.165) is 12.1 Å². The summed E-state index contributed by atoms with van der Waals surface area (Å²) < 4.78 is 53.5. The first kappa shape index (κ1) is 18.3. The van der Waals surface area contributed by atoms with E-state index in [2.05, 4.69) is 5.32 Å². The van der Waals surface area contributed by atoms with Crippen LogP contribution in [0.4, 0.5) is 14.5 Å². The molecule has 0 aliphatic carbocycles. The van der Waals surface area contributed by atoms with E-state index in [0.29, 0.717) is 6.42 Å². The van der Waals surface area contributed by atoms with Crippen LogP contribution in [0.3, 0.4) is 0 Å². The molecule has 6 nitrogen and oxygen atoms in total. The molecule has 1 fully saturated rings. The van der Waals surface area contributed by atoms with Crippen molar-refractivity contribution in [1.82, 2.24) is 0 Å². The van der Waals surface area contributed by atoms with Crippen molar-refractivity contribution >= 4 is 27.4 Å². The summed E-state index contributed by atoms with van der Waals surface area (Å²) in [6, 6.07) is 2.85. The van der Waals surface area contributed by atoms with Crippen molar-refractivity contribution in [2.24, 2.45) is 5.92 Å². The lowest BCUT2D eigenvalue weighted by molar-refractivity contribution is -0.153. The number of esters is 1. The first-order valence-electron chi connectivity index (χ1n) is 7.32. The van der Waals surface area contributed by atoms with Crippen molar-refractivity contribution in [2.45, 2.75) is 25.9 Å². The normalized spacial score (nSPS) is 20.4. The fourth-order valence-corrected chi connectivity index (χ4v) is 4.25. The van der Waals surface area contributed by atoms with E-state index >= 15 is 0 Å². The van der Waals surface area contributed by atoms with Gasteiger partial charge in [0, 0.05) is 18.2 Å². The Labute approximate surface area is 138 Å². The second-order valence-corrected chi connectivity index (χ2v) is 7.95. The number of halogens is 2. The summed E-state index contributed by atoms with van der Waals surface area (Å²) in [7, 11) is -3.09. The molecule has 0 spiro atoms. The van der Waals surface area contributed by atoms with Crippen LogP contribution >= 0.6 is 0 Å². The summed E-state index contributed by atoms with van der Waals surface area (Å²) in [5.74, 6) is -3.84. The maximum absolute atomic E-state index is 13.1. The zero-order valence-corrected chi connectivity index (χ0v) is 13.7. The zero-order chi connectivity index (χ0) is 17.9. The van der Waals surface area contributed by atoms with Crippen LogP contribution in [-0.4, -0.2) is 37.9 Å². The van der Waals surface area contributed by atoms with Crippen molar-refractivity contribution in [2.75, 3.05) is 16.8 Å². The molecule has 1 aromatic rings. The molecular weight excluding hydrogens is 344 g/mol. The highest BCUT2D eigenvalue weighted by atomic mass is 32.2. The first-order valence-corrected chi connectivity index (χ1v) is 9.14. The van der Waals surface area contributed by atoms with E-state index in [1.807, 2.05) is 0 Å². The van der Waals surface area contributed by atoms with Gasteiger partial charge in [-0.25, -0.2) is 17.2 Å². The number of carbonyl (C=O) groups excluding carboxylic acids is 2. The van der Waals surface area contributed by atoms with Gasteiger partial charge in [0.1, 0.15) is 0 Å². The summed E-state index contributed by atoms with van der Waals surface area (Å²) in [5.41, 5.74) is 0.0312. The van der Waals surface area contributed by atoms with Gasteiger partial charge in [-0.3, -0.25) is 9.59 Å². The molecule has 2 atom stereocenters. The Hall–Kier alpha value is -2.03. The van der Waals surface area contributed by atoms with Crippen LogP contribution in [0.25, 0.3) is 0 Å². The lowest BCUT2D eigenvalue weighted by Gasteiger charge is -2.15. The third-order valence-electron chi connectivity index (χ3n) is 3.65. The Morgan fingerprint density at radius 2 is 2.04 bits per heavy atom. The fourth-order valence-electron chi connectivity index (χ4n) is 2.39. The Morgan fingerprint density at radius 1 is 1.33 bits per heavy atom. The second-order valence-electron chi connectivity index (χ2n) is 5.72. The monoisotopic (exact) mass is 361 g/mol. The number of amides is 1. The summed E-state index contributed by atoms with van der Waals surface area (Å²) in [6.07, 6.45) is -0.835. The van der Waals surface area contributed by atoms with Gasteiger partial charge < -0.3 is 10.1 Å². The van der Waals surface area contributed by atoms with Gasteiger partial charge in [0.2, 0.25) is 0 Å². The SMILES string of the molecule is C[C@@H](OC(=O)C[C@@H]1CCS(=O)(=O)C1)C(=O)Nc1ccc(F)c(F)c1. The van der Waals surface area contributed by atoms with Crippen molar-refractivity contribution in [3.8, 4) is 0 Å². The summed E-state index contributed by atoms with van der Waals surface area (Å²) in [4.78, 5) is 23.7. The van der Waals surface area contributed by atoms with Gasteiger partial charge in [-0.05, 0) is 31.4 Å². The molecular formula is C15H17F2NO5S. The summed E-state index contributed by atoms with van der Waals surface area (Å²) in [6.45, 7) is 1.33. The lowest BCUT2D eigenvalue weighted by Crippen LogP contribution is -2.30. The Bertz CT molecular complexity index is 750. The van der Waals surface area contributed by atoms with Crippen molar-refractivity contribution in [3.05, 3.63) is 29.8 Å². The summed E-state index contributed by atoms with van der Waals surface area (Å²) >= 11 is 0. The number of anilines is 1. The number of rotatable bonds is 5. The highest BCUT2D eigenvalue weighted by Gasteiger charge is 2.30. The van der Waals surface area contributed by atoms with Gasteiger partial charge in [-0.2, -0.15) is 0 Å². The van der Waals surface area contributed by atoms with Gasteiger partial charge in [0.05, 0.1) is 11.5 Å². The van der Waals surface area contributed by atoms with Gasteiger partial charge in [-0.1, -0.05) is 0 Å². The minimum atomic E-state index is -3.09. The predicted octanol–water partition coefficient (Wildman–Crippen LogP) is 1.66. The molecule has 1 heterocycles. The number of hydrogen-bond donors (Lipinski definition) is 1. The van der Waals surface area contributed by atoms with Crippen LogP contribution < -0.4 is 5.32 Å². The maximum Gasteiger partial charge on any atom is 0.306 e. The molecule has 0 unspecified atom stereocenters. The second kappa shape index (κ2) is 7.25. The standard InChI is InChI=1S/C15H17F2NO5S/c1-9(15(20)18-11-2-3-12(16)13(17)7-11)23-14(19)6-10-4-5-24(21,22)8-10/h2-3,7,9-10H,4-6,8H2,1H3,(H,18,20)/t9-,10+/m1/s1. The minimum absolute atomic E-state index is 0.0312. The molecule has 1 N–H and O–H groups in total. The van der Waals surface area contributed by atoms with Gasteiger partial charge in [-0.15, -0.1) is 0 Å². The first-order chi connectivity index (χ1) is 11.2. The average molecular weight is 361 g/mol. The number of nitrogens with one attached hydrogen (secondary N) is 1. The number of hydrogen-bond acceptors (Lipinski definition) is 5. The molecule has 1 amide bonds. The molecule has 0 aromatic heterocycles. The molecule has 132 valence electrons. The zero-order valence-electron chi connectivity index (χ0n) is 12.9. The van der Waals surface area contributed by atoms with E-state index in [1.54, 1.807) is 0 Å². The highest BCUT2D eigenvalue weighted by Crippen LogP contribution is 2.22. The van der Waals surface area contributed by atoms with E-state index in [1.165, 1.54) is 13.0 Å². The number of sulfone groups is 1. The molecule has 0 radical (unpaired) electrons. The van der Waals surface area contributed by atoms with Gasteiger partial charge in [0.15, 0.2) is 27.6 Å². The van der Waals surface area contributed by atoms with E-state index in [-0.39, 0.29) is 29.5 Å². The molecule has 0 saturated carbocycles. The number of carbonyl (C=O) groups is 2. The van der Waals surface area contributed by atoms with Crippen LogP contribution in [-0.2, 0) is 24.2 Å². The quantitative estimate of drug-likeness (QED) is 0.806.